The zero-order chi connectivity index (χ0) is 14.8. The molecule has 0 aliphatic rings. The summed E-state index contributed by atoms with van der Waals surface area (Å²) in [7, 11) is 0. The summed E-state index contributed by atoms with van der Waals surface area (Å²) in [4.78, 5) is 0. The minimum absolute atomic E-state index is 0.488. The van der Waals surface area contributed by atoms with Crippen molar-refractivity contribution < 1.29 is 4.42 Å². The predicted octanol–water partition coefficient (Wildman–Crippen LogP) is 4.23. The fraction of sp³-hybridized carbons (Fsp3) is 0.333. The van der Waals surface area contributed by atoms with E-state index < -0.39 is 0 Å². The molecule has 110 valence electrons. The highest BCUT2D eigenvalue weighted by Crippen LogP contribution is 2.30. The Labute approximate surface area is 125 Å². The van der Waals surface area contributed by atoms with Crippen molar-refractivity contribution in [2.45, 2.75) is 13.8 Å². The number of fused-ring (bicyclic) bond motifs is 3. The van der Waals surface area contributed by atoms with E-state index in [9.17, 15) is 0 Å². The second-order valence-corrected chi connectivity index (χ2v) is 5.93. The van der Waals surface area contributed by atoms with Gasteiger partial charge in [-0.25, -0.2) is 0 Å². The molecule has 0 spiro atoms. The Balaban J connectivity index is 1.88. The van der Waals surface area contributed by atoms with Crippen LogP contribution in [0.15, 0.2) is 46.9 Å². The molecule has 0 fully saturated rings. The van der Waals surface area contributed by atoms with Crippen molar-refractivity contribution in [2.75, 3.05) is 18.4 Å². The maximum Gasteiger partial charge on any atom is 0.135 e. The number of hydrogen-bond acceptors (Lipinski definition) is 3. The van der Waals surface area contributed by atoms with E-state index in [1.165, 1.54) is 0 Å². The lowest BCUT2D eigenvalue weighted by Gasteiger charge is -2.19. The maximum atomic E-state index is 5.84. The second kappa shape index (κ2) is 5.78. The fourth-order valence-corrected chi connectivity index (χ4v) is 2.68. The van der Waals surface area contributed by atoms with Crippen LogP contribution < -0.4 is 11.1 Å². The van der Waals surface area contributed by atoms with Gasteiger partial charge in [0.25, 0.3) is 0 Å². The molecule has 0 bridgehead atoms. The molecule has 3 N–H and O–H groups in total. The van der Waals surface area contributed by atoms with Crippen LogP contribution in [-0.4, -0.2) is 13.1 Å². The smallest absolute Gasteiger partial charge is 0.135 e. The summed E-state index contributed by atoms with van der Waals surface area (Å²) >= 11 is 0. The van der Waals surface area contributed by atoms with E-state index in [4.69, 9.17) is 10.2 Å². The van der Waals surface area contributed by atoms with Crippen molar-refractivity contribution in [3.8, 4) is 0 Å². The quantitative estimate of drug-likeness (QED) is 0.736. The first-order valence-electron chi connectivity index (χ1n) is 7.54. The van der Waals surface area contributed by atoms with Crippen molar-refractivity contribution in [1.82, 2.24) is 0 Å². The largest absolute Gasteiger partial charge is 0.456 e. The Morgan fingerprint density at radius 3 is 2.57 bits per heavy atom. The number of benzene rings is 2. The molecule has 1 atom stereocenters. The molecular weight excluding hydrogens is 260 g/mol. The first-order valence-corrected chi connectivity index (χ1v) is 7.54. The van der Waals surface area contributed by atoms with Crippen LogP contribution in [0.4, 0.5) is 5.69 Å². The zero-order valence-electron chi connectivity index (χ0n) is 12.6. The minimum atomic E-state index is 0.488. The minimum Gasteiger partial charge on any atom is -0.456 e. The molecule has 0 radical (unpaired) electrons. The summed E-state index contributed by atoms with van der Waals surface area (Å²) in [6, 6.07) is 14.4. The molecule has 3 aromatic rings. The average Bonchev–Trinajstić information content (AvgIpc) is 2.85. The zero-order valence-corrected chi connectivity index (χ0v) is 12.6. The van der Waals surface area contributed by atoms with Crippen LogP contribution in [0.1, 0.15) is 13.8 Å². The molecule has 3 rings (SSSR count). The van der Waals surface area contributed by atoms with Gasteiger partial charge >= 0.3 is 0 Å². The lowest BCUT2D eigenvalue weighted by Crippen LogP contribution is -2.27. The van der Waals surface area contributed by atoms with Gasteiger partial charge in [0.1, 0.15) is 11.2 Å². The number of hydrogen-bond donors (Lipinski definition) is 2. The van der Waals surface area contributed by atoms with Gasteiger partial charge in [0, 0.05) is 23.0 Å². The number of para-hydroxylation sites is 1. The average molecular weight is 282 g/mol. The van der Waals surface area contributed by atoms with E-state index in [1.54, 1.807) is 0 Å². The predicted molar refractivity (Wildman–Crippen MR) is 89.6 cm³/mol. The molecule has 0 amide bonds. The standard InChI is InChI=1S/C18H22N2O/c1-12(2)13(10-19)11-20-14-7-8-18-16(9-14)15-5-3-4-6-17(15)21-18/h3-9,12-13,20H,10-11,19H2,1-2H3. The summed E-state index contributed by atoms with van der Waals surface area (Å²) in [6.45, 7) is 6.04. The Bertz CT molecular complexity index is 745. The van der Waals surface area contributed by atoms with E-state index in [-0.39, 0.29) is 0 Å². The van der Waals surface area contributed by atoms with Crippen LogP contribution >= 0.6 is 0 Å². The van der Waals surface area contributed by atoms with Gasteiger partial charge in [-0.15, -0.1) is 0 Å². The van der Waals surface area contributed by atoms with E-state index in [1.807, 2.05) is 24.3 Å². The fourth-order valence-electron chi connectivity index (χ4n) is 2.68. The van der Waals surface area contributed by atoms with Gasteiger partial charge in [-0.05, 0) is 42.6 Å². The van der Waals surface area contributed by atoms with Gasteiger partial charge in [-0.2, -0.15) is 0 Å². The third-order valence-corrected chi connectivity index (χ3v) is 4.19. The molecule has 1 heterocycles. The Morgan fingerprint density at radius 2 is 1.81 bits per heavy atom. The van der Waals surface area contributed by atoms with Crippen LogP contribution in [0.2, 0.25) is 0 Å². The van der Waals surface area contributed by atoms with Crippen molar-refractivity contribution in [2.24, 2.45) is 17.6 Å². The summed E-state index contributed by atoms with van der Waals surface area (Å²) in [6.07, 6.45) is 0. The molecule has 0 saturated carbocycles. The topological polar surface area (TPSA) is 51.2 Å². The van der Waals surface area contributed by atoms with Gasteiger partial charge in [-0.3, -0.25) is 0 Å². The molecule has 1 unspecified atom stereocenters. The van der Waals surface area contributed by atoms with Crippen LogP contribution in [0.25, 0.3) is 21.9 Å². The molecule has 1 aromatic heterocycles. The van der Waals surface area contributed by atoms with E-state index in [0.29, 0.717) is 18.4 Å². The van der Waals surface area contributed by atoms with Gasteiger partial charge in [0.2, 0.25) is 0 Å². The molecule has 0 aliphatic carbocycles. The Kier molecular flexibility index (Phi) is 3.84. The molecule has 3 nitrogen and oxygen atoms in total. The van der Waals surface area contributed by atoms with Gasteiger partial charge in [0.15, 0.2) is 0 Å². The molecule has 0 saturated heterocycles. The molecular formula is C18H22N2O. The van der Waals surface area contributed by atoms with E-state index in [2.05, 4.69) is 37.4 Å². The van der Waals surface area contributed by atoms with Crippen molar-refractivity contribution in [1.29, 1.82) is 0 Å². The third-order valence-electron chi connectivity index (χ3n) is 4.19. The number of rotatable bonds is 5. The highest BCUT2D eigenvalue weighted by molar-refractivity contribution is 6.05. The van der Waals surface area contributed by atoms with Crippen molar-refractivity contribution >= 4 is 27.6 Å². The van der Waals surface area contributed by atoms with Crippen LogP contribution in [-0.2, 0) is 0 Å². The Morgan fingerprint density at radius 1 is 1.05 bits per heavy atom. The summed E-state index contributed by atoms with van der Waals surface area (Å²) in [5, 5.41) is 5.82. The van der Waals surface area contributed by atoms with Crippen LogP contribution in [0.3, 0.4) is 0 Å². The molecule has 21 heavy (non-hydrogen) atoms. The van der Waals surface area contributed by atoms with Crippen molar-refractivity contribution in [3.05, 3.63) is 42.5 Å². The summed E-state index contributed by atoms with van der Waals surface area (Å²) in [5.41, 5.74) is 8.82. The molecule has 2 aromatic carbocycles. The number of nitrogens with one attached hydrogen (secondary N) is 1. The molecule has 0 aliphatic heterocycles. The summed E-state index contributed by atoms with van der Waals surface area (Å²) in [5.74, 6) is 1.07. The van der Waals surface area contributed by atoms with Gasteiger partial charge in [-0.1, -0.05) is 32.0 Å². The Hall–Kier alpha value is -2.00. The number of furan rings is 1. The SMILES string of the molecule is CC(C)C(CN)CNc1ccc2oc3ccccc3c2c1. The summed E-state index contributed by atoms with van der Waals surface area (Å²) < 4.78 is 5.84. The molecule has 3 heteroatoms. The lowest BCUT2D eigenvalue weighted by molar-refractivity contribution is 0.413. The normalized spacial score (nSPS) is 13.1. The second-order valence-electron chi connectivity index (χ2n) is 5.93. The highest BCUT2D eigenvalue weighted by atomic mass is 16.3. The highest BCUT2D eigenvalue weighted by Gasteiger charge is 2.12. The third kappa shape index (κ3) is 2.74. The number of anilines is 1. The maximum absolute atomic E-state index is 5.84. The first kappa shape index (κ1) is 14.0. The number of nitrogens with two attached hydrogens (primary N) is 1. The van der Waals surface area contributed by atoms with E-state index in [0.717, 1.165) is 34.2 Å². The monoisotopic (exact) mass is 282 g/mol. The lowest BCUT2D eigenvalue weighted by atomic mass is 9.96. The van der Waals surface area contributed by atoms with E-state index >= 15 is 0 Å². The van der Waals surface area contributed by atoms with Crippen LogP contribution in [0.5, 0.6) is 0 Å². The van der Waals surface area contributed by atoms with Gasteiger partial charge < -0.3 is 15.5 Å². The van der Waals surface area contributed by atoms with Crippen LogP contribution in [0, 0.1) is 11.8 Å². The van der Waals surface area contributed by atoms with Gasteiger partial charge in [0.05, 0.1) is 0 Å². The first-order chi connectivity index (χ1) is 10.2. The van der Waals surface area contributed by atoms with Crippen molar-refractivity contribution in [3.63, 3.8) is 0 Å².